The van der Waals surface area contributed by atoms with Gasteiger partial charge in [0, 0.05) is 11.4 Å². The Morgan fingerprint density at radius 2 is 1.83 bits per heavy atom. The molecule has 0 fully saturated rings. The second kappa shape index (κ2) is 8.02. The number of anilines is 1. The van der Waals surface area contributed by atoms with Gasteiger partial charge in [0.05, 0.1) is 6.54 Å². The van der Waals surface area contributed by atoms with Gasteiger partial charge in [-0.1, -0.05) is 12.1 Å². The van der Waals surface area contributed by atoms with Crippen LogP contribution in [0.3, 0.4) is 0 Å². The molecule has 2 aromatic carbocycles. The fraction of sp³-hybridized carbons (Fsp3) is 0.278. The van der Waals surface area contributed by atoms with Gasteiger partial charge < -0.3 is 11.1 Å². The Bertz CT molecular complexity index is 693. The van der Waals surface area contributed by atoms with Crippen LogP contribution in [0.2, 0.25) is 0 Å². The Morgan fingerprint density at radius 3 is 2.48 bits per heavy atom. The van der Waals surface area contributed by atoms with Gasteiger partial charge in [-0.3, -0.25) is 0 Å². The molecule has 2 rings (SSSR count). The molecule has 0 spiro atoms. The third kappa shape index (κ3) is 5.28. The molecular weight excluding hydrogens is 309 g/mol. The van der Waals surface area contributed by atoms with Crippen LogP contribution in [-0.2, 0) is 12.3 Å². The van der Waals surface area contributed by atoms with Crippen LogP contribution in [0.25, 0.3) is 0 Å². The number of nitrogens with zero attached hydrogens (tertiary/aromatic N) is 1. The molecule has 0 heterocycles. The molecule has 0 amide bonds. The van der Waals surface area contributed by atoms with Crippen molar-refractivity contribution >= 4 is 23.4 Å². The highest BCUT2D eigenvalue weighted by Gasteiger charge is 2.04. The van der Waals surface area contributed by atoms with E-state index in [9.17, 15) is 4.39 Å². The normalized spacial score (nSPS) is 11.6. The number of rotatable bonds is 5. The van der Waals surface area contributed by atoms with Crippen molar-refractivity contribution in [2.75, 3.05) is 11.6 Å². The van der Waals surface area contributed by atoms with Crippen LogP contribution < -0.4 is 11.1 Å². The first-order valence-corrected chi connectivity index (χ1v) is 8.79. The van der Waals surface area contributed by atoms with E-state index >= 15 is 0 Å². The van der Waals surface area contributed by atoms with Gasteiger partial charge >= 0.3 is 0 Å². The maximum atomic E-state index is 13.4. The summed E-state index contributed by atoms with van der Waals surface area (Å²) in [7, 11) is 0. The predicted molar refractivity (Wildman–Crippen MR) is 98.5 cm³/mol. The fourth-order valence-corrected chi connectivity index (χ4v) is 3.02. The van der Waals surface area contributed by atoms with E-state index in [0.29, 0.717) is 12.5 Å². The van der Waals surface area contributed by atoms with Crippen LogP contribution in [0, 0.1) is 19.7 Å². The van der Waals surface area contributed by atoms with Gasteiger partial charge in [0.15, 0.2) is 5.96 Å². The summed E-state index contributed by atoms with van der Waals surface area (Å²) in [6.45, 7) is 4.51. The molecule has 3 N–H and O–H groups in total. The van der Waals surface area contributed by atoms with Gasteiger partial charge in [0.1, 0.15) is 5.82 Å². The van der Waals surface area contributed by atoms with Crippen LogP contribution in [0.4, 0.5) is 10.1 Å². The molecule has 23 heavy (non-hydrogen) atoms. The summed E-state index contributed by atoms with van der Waals surface area (Å²) in [5, 5.41) is 3.11. The van der Waals surface area contributed by atoms with Crippen LogP contribution >= 0.6 is 11.8 Å². The van der Waals surface area contributed by atoms with Crippen LogP contribution in [0.5, 0.6) is 0 Å². The first-order valence-electron chi connectivity index (χ1n) is 7.39. The minimum Gasteiger partial charge on any atom is -0.370 e. The Balaban J connectivity index is 2.10. The third-order valence-corrected chi connectivity index (χ3v) is 3.98. The summed E-state index contributed by atoms with van der Waals surface area (Å²) < 4.78 is 13.4. The minimum atomic E-state index is -0.219. The molecule has 0 aromatic heterocycles. The molecule has 0 bridgehead atoms. The highest BCUT2D eigenvalue weighted by Crippen LogP contribution is 2.18. The molecular formula is C18H22FN3S. The Morgan fingerprint density at radius 1 is 1.13 bits per heavy atom. The van der Waals surface area contributed by atoms with Gasteiger partial charge in [-0.15, -0.1) is 0 Å². The summed E-state index contributed by atoms with van der Waals surface area (Å²) in [6, 6.07) is 10.9. The molecule has 0 saturated carbocycles. The maximum Gasteiger partial charge on any atom is 0.193 e. The number of thioether (sulfide) groups is 1. The number of aryl methyl sites for hydroxylation is 2. The van der Waals surface area contributed by atoms with E-state index in [2.05, 4.69) is 16.4 Å². The second-order valence-electron chi connectivity index (χ2n) is 5.55. The lowest BCUT2D eigenvalue weighted by Crippen LogP contribution is -2.22. The van der Waals surface area contributed by atoms with Crippen LogP contribution in [0.1, 0.15) is 22.3 Å². The lowest BCUT2D eigenvalue weighted by Gasteiger charge is -2.10. The molecule has 3 nitrogen and oxygen atoms in total. The highest BCUT2D eigenvalue weighted by atomic mass is 32.2. The number of aliphatic imine (C=N–C) groups is 1. The van der Waals surface area contributed by atoms with Crippen LogP contribution in [-0.4, -0.2) is 12.2 Å². The number of guanidine groups is 1. The van der Waals surface area contributed by atoms with Crippen molar-refractivity contribution in [3.05, 3.63) is 64.5 Å². The highest BCUT2D eigenvalue weighted by molar-refractivity contribution is 7.97. The summed E-state index contributed by atoms with van der Waals surface area (Å²) in [4.78, 5) is 4.37. The molecule has 2 aromatic rings. The lowest BCUT2D eigenvalue weighted by molar-refractivity contribution is 0.625. The predicted octanol–water partition coefficient (Wildman–Crippen LogP) is 4.23. The fourth-order valence-electron chi connectivity index (χ4n) is 2.44. The van der Waals surface area contributed by atoms with E-state index in [0.717, 1.165) is 22.6 Å². The molecule has 0 aliphatic rings. The summed E-state index contributed by atoms with van der Waals surface area (Å²) in [5.74, 6) is 0.894. The second-order valence-corrected chi connectivity index (χ2v) is 6.41. The lowest BCUT2D eigenvalue weighted by atomic mass is 10.1. The van der Waals surface area contributed by atoms with Gasteiger partial charge in [-0.05, 0) is 66.6 Å². The van der Waals surface area contributed by atoms with Crippen molar-refractivity contribution < 1.29 is 4.39 Å². The van der Waals surface area contributed by atoms with E-state index in [1.165, 1.54) is 17.2 Å². The van der Waals surface area contributed by atoms with E-state index < -0.39 is 0 Å². The number of hydrogen-bond donors (Lipinski definition) is 2. The van der Waals surface area contributed by atoms with Gasteiger partial charge in [-0.2, -0.15) is 11.8 Å². The van der Waals surface area contributed by atoms with Gasteiger partial charge in [0.2, 0.25) is 0 Å². The van der Waals surface area contributed by atoms with Crippen molar-refractivity contribution in [1.82, 2.24) is 0 Å². The van der Waals surface area contributed by atoms with E-state index in [-0.39, 0.29) is 5.82 Å². The Labute approximate surface area is 141 Å². The van der Waals surface area contributed by atoms with Crippen LogP contribution in [0.15, 0.2) is 41.4 Å². The van der Waals surface area contributed by atoms with Crippen molar-refractivity contribution in [3.8, 4) is 0 Å². The number of halogens is 1. The Kier molecular flexibility index (Phi) is 6.04. The van der Waals surface area contributed by atoms with Gasteiger partial charge in [0.25, 0.3) is 0 Å². The largest absolute Gasteiger partial charge is 0.370 e. The molecule has 122 valence electrons. The van der Waals surface area contributed by atoms with Crippen molar-refractivity contribution in [2.24, 2.45) is 10.7 Å². The maximum absolute atomic E-state index is 13.4. The first-order chi connectivity index (χ1) is 11.0. The molecule has 0 atom stereocenters. The van der Waals surface area contributed by atoms with E-state index in [4.69, 9.17) is 5.73 Å². The average molecular weight is 331 g/mol. The number of nitrogens with one attached hydrogen (secondary N) is 1. The molecule has 5 heteroatoms. The third-order valence-electron chi connectivity index (χ3n) is 3.38. The zero-order chi connectivity index (χ0) is 16.8. The first kappa shape index (κ1) is 17.3. The summed E-state index contributed by atoms with van der Waals surface area (Å²) in [6.07, 6.45) is 1.99. The van der Waals surface area contributed by atoms with E-state index in [1.54, 1.807) is 23.9 Å². The van der Waals surface area contributed by atoms with E-state index in [1.807, 2.05) is 32.2 Å². The Hall–Kier alpha value is -2.01. The monoisotopic (exact) mass is 331 g/mol. The molecule has 0 aliphatic carbocycles. The standard InChI is InChI=1S/C18H22FN3S/c1-12-6-13(2)8-17(7-12)22-18(20)21-10-14-4-5-16(19)9-15(14)11-23-3/h4-9H,10-11H2,1-3H3,(H3,20,21,22). The number of benzene rings is 2. The van der Waals surface area contributed by atoms with Crippen molar-refractivity contribution in [1.29, 1.82) is 0 Å². The molecule has 0 saturated heterocycles. The average Bonchev–Trinajstić information content (AvgIpc) is 2.45. The van der Waals surface area contributed by atoms with Crippen molar-refractivity contribution in [3.63, 3.8) is 0 Å². The zero-order valence-corrected chi connectivity index (χ0v) is 14.5. The zero-order valence-electron chi connectivity index (χ0n) is 13.7. The number of hydrogen-bond acceptors (Lipinski definition) is 2. The number of nitrogens with two attached hydrogens (primary N) is 1. The van der Waals surface area contributed by atoms with Crippen molar-refractivity contribution in [2.45, 2.75) is 26.1 Å². The van der Waals surface area contributed by atoms with Gasteiger partial charge in [-0.25, -0.2) is 9.38 Å². The summed E-state index contributed by atoms with van der Waals surface area (Å²) in [5.41, 5.74) is 11.2. The SMILES string of the molecule is CSCc1cc(F)ccc1CN=C(N)Nc1cc(C)cc(C)c1. The summed E-state index contributed by atoms with van der Waals surface area (Å²) >= 11 is 1.66. The minimum absolute atomic E-state index is 0.219. The molecule has 0 unspecified atom stereocenters. The quantitative estimate of drug-likeness (QED) is 0.637. The topological polar surface area (TPSA) is 50.4 Å². The smallest absolute Gasteiger partial charge is 0.193 e. The molecule has 0 aliphatic heterocycles. The molecule has 0 radical (unpaired) electrons.